The van der Waals surface area contributed by atoms with Gasteiger partial charge in [-0.15, -0.1) is 0 Å². The van der Waals surface area contributed by atoms with Crippen LogP contribution in [0.2, 0.25) is 0 Å². The molecule has 9 nitrogen and oxygen atoms in total. The summed E-state index contributed by atoms with van der Waals surface area (Å²) >= 11 is 0. The van der Waals surface area contributed by atoms with Crippen molar-refractivity contribution >= 4 is 5.91 Å². The number of rotatable bonds is 14. The molecule has 0 spiro atoms. The molecule has 0 fully saturated rings. The average Bonchev–Trinajstić information content (AvgIpc) is 3.02. The Morgan fingerprint density at radius 2 is 1.26 bits per heavy atom. The van der Waals surface area contributed by atoms with Crippen LogP contribution in [0.1, 0.15) is 60.8 Å². The van der Waals surface area contributed by atoms with E-state index in [2.05, 4.69) is 6.07 Å². The lowest BCUT2D eigenvalue weighted by Gasteiger charge is -2.38. The molecule has 0 radical (unpaired) electrons. The second-order valence-corrected chi connectivity index (χ2v) is 9.89. The first kappa shape index (κ1) is 31.7. The van der Waals surface area contributed by atoms with E-state index < -0.39 is 0 Å². The van der Waals surface area contributed by atoms with Gasteiger partial charge in [-0.2, -0.15) is 0 Å². The van der Waals surface area contributed by atoms with Gasteiger partial charge >= 0.3 is 0 Å². The minimum Gasteiger partial charge on any atom is -0.493 e. The highest BCUT2D eigenvalue weighted by atomic mass is 16.5. The first-order valence-electron chi connectivity index (χ1n) is 14.8. The van der Waals surface area contributed by atoms with Crippen LogP contribution in [-0.2, 0) is 12.8 Å². The van der Waals surface area contributed by atoms with Gasteiger partial charge in [-0.1, -0.05) is 6.07 Å². The van der Waals surface area contributed by atoms with Gasteiger partial charge in [0.05, 0.1) is 53.8 Å². The van der Waals surface area contributed by atoms with Crippen molar-refractivity contribution in [2.24, 2.45) is 0 Å². The van der Waals surface area contributed by atoms with Gasteiger partial charge in [-0.3, -0.25) is 4.79 Å². The Morgan fingerprint density at radius 3 is 1.81 bits per heavy atom. The maximum atomic E-state index is 14.3. The largest absolute Gasteiger partial charge is 0.493 e. The molecule has 0 saturated carbocycles. The summed E-state index contributed by atoms with van der Waals surface area (Å²) in [7, 11) is 4.62. The molecule has 0 N–H and O–H groups in total. The predicted molar refractivity (Wildman–Crippen MR) is 165 cm³/mol. The highest BCUT2D eigenvalue weighted by Gasteiger charge is 2.34. The number of fused-ring (bicyclic) bond motifs is 1. The van der Waals surface area contributed by atoms with E-state index in [1.807, 2.05) is 56.9 Å². The Morgan fingerprint density at radius 1 is 0.698 bits per heavy atom. The van der Waals surface area contributed by atoms with Crippen LogP contribution in [0, 0.1) is 0 Å². The van der Waals surface area contributed by atoms with Crippen LogP contribution in [0.25, 0.3) is 0 Å². The Hall–Kier alpha value is -4.27. The van der Waals surface area contributed by atoms with E-state index in [-0.39, 0.29) is 11.9 Å². The second kappa shape index (κ2) is 14.8. The number of hydrogen-bond acceptors (Lipinski definition) is 8. The molecule has 0 saturated heterocycles. The number of nitrogens with zero attached hydrogens (tertiary/aromatic N) is 1. The van der Waals surface area contributed by atoms with Crippen molar-refractivity contribution in [2.75, 3.05) is 54.3 Å². The highest BCUT2D eigenvalue weighted by molar-refractivity contribution is 5.96. The van der Waals surface area contributed by atoms with Gasteiger partial charge in [0.25, 0.3) is 5.91 Å². The zero-order valence-electron chi connectivity index (χ0n) is 26.3. The van der Waals surface area contributed by atoms with Gasteiger partial charge in [-0.05, 0) is 93.6 Å². The quantitative estimate of drug-likeness (QED) is 0.216. The van der Waals surface area contributed by atoms with Gasteiger partial charge in [-0.25, -0.2) is 0 Å². The Balaban J connectivity index is 1.82. The molecule has 1 heterocycles. The standard InChI is InChI=1S/C34H43NO8/c1-8-40-27-13-12-22(17-28(27)41-9-2)16-26-25-21-30(43-11-4)29(42-10-3)18-23(25)14-15-35(26)34(36)24-19-31(37-5)33(39-7)32(20-24)38-6/h12-13,17-21,26H,8-11,14-16H2,1-7H3/t26-/m1/s1. The number of methoxy groups -OCH3 is 3. The molecule has 232 valence electrons. The molecule has 1 amide bonds. The van der Waals surface area contributed by atoms with Crippen LogP contribution >= 0.6 is 0 Å². The third kappa shape index (κ3) is 6.87. The van der Waals surface area contributed by atoms with Crippen LogP contribution in [0.15, 0.2) is 42.5 Å². The van der Waals surface area contributed by atoms with E-state index in [1.54, 1.807) is 33.5 Å². The lowest BCUT2D eigenvalue weighted by Crippen LogP contribution is -2.41. The van der Waals surface area contributed by atoms with Crippen molar-refractivity contribution in [1.29, 1.82) is 0 Å². The second-order valence-electron chi connectivity index (χ2n) is 9.89. The summed E-state index contributed by atoms with van der Waals surface area (Å²) in [6, 6.07) is 13.2. The number of carbonyl (C=O) groups is 1. The first-order valence-corrected chi connectivity index (χ1v) is 14.8. The number of carbonyl (C=O) groups excluding carboxylic acids is 1. The fourth-order valence-corrected chi connectivity index (χ4v) is 5.53. The van der Waals surface area contributed by atoms with Crippen LogP contribution in [0.3, 0.4) is 0 Å². The number of amides is 1. The molecular weight excluding hydrogens is 550 g/mol. The normalized spacial score (nSPS) is 14.0. The SMILES string of the molecule is CCOc1ccc(C[C@@H]2c3cc(OCC)c(OCC)cc3CCN2C(=O)c2cc(OC)c(OC)c(OC)c2)cc1OCC. The van der Waals surface area contributed by atoms with Crippen molar-refractivity contribution in [3.63, 3.8) is 0 Å². The number of ether oxygens (including phenoxy) is 7. The average molecular weight is 594 g/mol. The molecule has 4 rings (SSSR count). The summed E-state index contributed by atoms with van der Waals surface area (Å²) in [5, 5.41) is 0. The van der Waals surface area contributed by atoms with E-state index in [0.29, 0.717) is 91.6 Å². The third-order valence-corrected chi connectivity index (χ3v) is 7.37. The summed E-state index contributed by atoms with van der Waals surface area (Å²) < 4.78 is 40.2. The topological polar surface area (TPSA) is 84.9 Å². The zero-order valence-corrected chi connectivity index (χ0v) is 26.3. The molecule has 9 heteroatoms. The monoisotopic (exact) mass is 593 g/mol. The first-order chi connectivity index (χ1) is 20.9. The molecule has 1 aliphatic heterocycles. The van der Waals surface area contributed by atoms with Crippen molar-refractivity contribution in [1.82, 2.24) is 4.90 Å². The van der Waals surface area contributed by atoms with Gasteiger partial charge in [0, 0.05) is 12.1 Å². The van der Waals surface area contributed by atoms with E-state index in [0.717, 1.165) is 16.7 Å². The maximum Gasteiger partial charge on any atom is 0.254 e. The van der Waals surface area contributed by atoms with Gasteiger partial charge in [0.2, 0.25) is 5.75 Å². The van der Waals surface area contributed by atoms with Crippen molar-refractivity contribution in [3.05, 3.63) is 64.7 Å². The molecule has 0 aliphatic carbocycles. The smallest absolute Gasteiger partial charge is 0.254 e. The van der Waals surface area contributed by atoms with Crippen LogP contribution in [0.5, 0.6) is 40.2 Å². The lowest BCUT2D eigenvalue weighted by atomic mass is 9.87. The molecule has 1 aliphatic rings. The van der Waals surface area contributed by atoms with E-state index in [4.69, 9.17) is 33.2 Å². The third-order valence-electron chi connectivity index (χ3n) is 7.37. The zero-order chi connectivity index (χ0) is 30.9. The fourth-order valence-electron chi connectivity index (χ4n) is 5.53. The van der Waals surface area contributed by atoms with Crippen molar-refractivity contribution in [3.8, 4) is 40.2 Å². The van der Waals surface area contributed by atoms with Crippen LogP contribution in [-0.4, -0.2) is 65.1 Å². The summed E-state index contributed by atoms with van der Waals surface area (Å²) in [6.45, 7) is 10.4. The summed E-state index contributed by atoms with van der Waals surface area (Å²) in [6.07, 6.45) is 1.22. The van der Waals surface area contributed by atoms with Crippen molar-refractivity contribution in [2.45, 2.75) is 46.6 Å². The van der Waals surface area contributed by atoms with E-state index in [9.17, 15) is 4.79 Å². The fraction of sp³-hybridized carbons (Fsp3) is 0.441. The van der Waals surface area contributed by atoms with Crippen LogP contribution < -0.4 is 33.2 Å². The maximum absolute atomic E-state index is 14.3. The number of hydrogen-bond donors (Lipinski definition) is 0. The summed E-state index contributed by atoms with van der Waals surface area (Å²) in [5.74, 6) is 3.90. The number of benzene rings is 3. The van der Waals surface area contributed by atoms with E-state index in [1.165, 1.54) is 0 Å². The summed E-state index contributed by atoms with van der Waals surface area (Å²) in [4.78, 5) is 16.2. The molecule has 43 heavy (non-hydrogen) atoms. The van der Waals surface area contributed by atoms with Crippen molar-refractivity contribution < 1.29 is 38.0 Å². The van der Waals surface area contributed by atoms with Gasteiger partial charge < -0.3 is 38.1 Å². The van der Waals surface area contributed by atoms with E-state index >= 15 is 0 Å². The van der Waals surface area contributed by atoms with Crippen LogP contribution in [0.4, 0.5) is 0 Å². The Labute approximate surface area is 254 Å². The molecular formula is C34H43NO8. The Kier molecular flexibility index (Phi) is 10.9. The molecule has 3 aromatic rings. The molecule has 1 atom stereocenters. The lowest BCUT2D eigenvalue weighted by molar-refractivity contribution is 0.0658. The van der Waals surface area contributed by atoms with Gasteiger partial charge in [0.1, 0.15) is 0 Å². The molecule has 0 bridgehead atoms. The minimum atomic E-state index is -0.294. The minimum absolute atomic E-state index is 0.141. The predicted octanol–water partition coefficient (Wildman–Crippen LogP) is 6.29. The molecule has 0 unspecified atom stereocenters. The molecule has 3 aromatic carbocycles. The molecule has 0 aromatic heterocycles. The summed E-state index contributed by atoms with van der Waals surface area (Å²) in [5.41, 5.74) is 3.60. The Bertz CT molecular complexity index is 1380. The van der Waals surface area contributed by atoms with Gasteiger partial charge in [0.15, 0.2) is 34.5 Å². The highest BCUT2D eigenvalue weighted by Crippen LogP contribution is 2.43.